The average Bonchev–Trinajstić information content (AvgIpc) is 3.13. The van der Waals surface area contributed by atoms with Gasteiger partial charge in [0, 0.05) is 23.9 Å². The normalized spacial score (nSPS) is 13.3. The Kier molecular flexibility index (Phi) is 14.7. The highest BCUT2D eigenvalue weighted by molar-refractivity contribution is 7.92. The number of hydrogen-bond donors (Lipinski definition) is 6. The van der Waals surface area contributed by atoms with E-state index in [4.69, 9.17) is 18.6 Å². The summed E-state index contributed by atoms with van der Waals surface area (Å²) in [7, 11) is -26.2. The zero-order valence-corrected chi connectivity index (χ0v) is 36.8. The van der Waals surface area contributed by atoms with Crippen molar-refractivity contribution in [2.45, 2.75) is 26.5 Å². The number of nitrogens with zero attached hydrogens (tertiary/aromatic N) is 4. The summed E-state index contributed by atoms with van der Waals surface area (Å²) < 4.78 is 202. The van der Waals surface area contributed by atoms with Gasteiger partial charge in [-0.3, -0.25) is 18.2 Å². The summed E-state index contributed by atoms with van der Waals surface area (Å²) in [4.78, 5) is -3.83. The molecule has 0 aliphatic carbocycles. The predicted molar refractivity (Wildman–Crippen MR) is 213 cm³/mol. The number of sulfone groups is 2. The van der Waals surface area contributed by atoms with E-state index >= 15 is 0 Å². The van der Waals surface area contributed by atoms with Crippen molar-refractivity contribution in [2.24, 2.45) is 20.5 Å². The van der Waals surface area contributed by atoms with E-state index in [1.807, 2.05) is 0 Å². The van der Waals surface area contributed by atoms with Crippen molar-refractivity contribution in [1.82, 2.24) is 0 Å². The zero-order chi connectivity index (χ0) is 46.8. The lowest BCUT2D eigenvalue weighted by atomic mass is 10.0. The van der Waals surface area contributed by atoms with Gasteiger partial charge in [-0.2, -0.15) is 33.7 Å². The van der Waals surface area contributed by atoms with E-state index in [0.29, 0.717) is 6.07 Å². The second kappa shape index (κ2) is 18.4. The second-order valence-electron chi connectivity index (χ2n) is 12.1. The largest absolute Gasteiger partial charge is 0.504 e. The van der Waals surface area contributed by atoms with Gasteiger partial charge < -0.3 is 19.9 Å². The zero-order valence-electron chi connectivity index (χ0n) is 31.9. The molecule has 26 nitrogen and oxygen atoms in total. The van der Waals surface area contributed by atoms with Crippen LogP contribution in [0.2, 0.25) is 0 Å². The monoisotopic (exact) mass is 991 g/mol. The third kappa shape index (κ3) is 11.9. The molecule has 32 heteroatoms. The standard InChI is InChI=1S/C30H33N5O21S6/c1-16-11-21(23(53-3)15-24(16)58(39,40)10-8-56-62(50,51)52)32-34-27-19-14-25(59(41,42)43)28(30(54-4)18(19)5-6-20(27)31-2)35-33-22-12-17(13-26(29(22)36)60(44,45)46)57(37,38)9-7-55-61(47,48)49/h5-6,11-15,31,36H,7-10H2,1-4H3,(H,41,42,43)(H,44,45,46)(H,47,48,49)(H,50,51,52)/b34-32+,35-33+. The van der Waals surface area contributed by atoms with E-state index < -0.39 is 123 Å². The first kappa shape index (κ1) is 49.7. The number of phenolic OH excluding ortho intramolecular Hbond substituents is 1. The van der Waals surface area contributed by atoms with E-state index in [0.717, 1.165) is 19.2 Å². The van der Waals surface area contributed by atoms with Crippen LogP contribution in [0.15, 0.2) is 82.5 Å². The second-order valence-corrected chi connectivity index (χ2v) is 21.3. The van der Waals surface area contributed by atoms with Gasteiger partial charge in [-0.15, -0.1) is 20.5 Å². The number of hydrogen-bond acceptors (Lipinski definition) is 22. The minimum Gasteiger partial charge on any atom is -0.504 e. The molecular formula is C30H33N5O21S6. The number of aromatic hydroxyl groups is 1. The maximum absolute atomic E-state index is 13.0. The number of rotatable bonds is 19. The van der Waals surface area contributed by atoms with Crippen molar-refractivity contribution in [3.63, 3.8) is 0 Å². The van der Waals surface area contributed by atoms with E-state index in [-0.39, 0.29) is 50.1 Å². The van der Waals surface area contributed by atoms with E-state index in [9.17, 15) is 64.7 Å². The maximum Gasteiger partial charge on any atom is 0.397 e. The molecule has 62 heavy (non-hydrogen) atoms. The molecule has 0 saturated carbocycles. The lowest BCUT2D eigenvalue weighted by molar-refractivity contribution is 0.282. The summed E-state index contributed by atoms with van der Waals surface area (Å²) in [6, 6.07) is 6.69. The lowest BCUT2D eigenvalue weighted by Gasteiger charge is -2.15. The van der Waals surface area contributed by atoms with Crippen LogP contribution in [0.4, 0.5) is 28.4 Å². The number of fused-ring (bicyclic) bond motifs is 1. The van der Waals surface area contributed by atoms with Gasteiger partial charge in [-0.05, 0) is 48.9 Å². The maximum atomic E-state index is 13.0. The van der Waals surface area contributed by atoms with Crippen LogP contribution in [0.1, 0.15) is 5.56 Å². The molecule has 0 spiro atoms. The molecule has 4 aromatic carbocycles. The van der Waals surface area contributed by atoms with Crippen LogP contribution in [-0.2, 0) is 69.1 Å². The average molecular weight is 992 g/mol. The SMILES string of the molecule is CNc1ccc2c(OC)c(/N=N/c3cc(S(=O)(=O)CCOS(=O)(=O)O)cc(S(=O)(=O)O)c3O)c(S(=O)(=O)O)cc2c1/N=N/c1cc(C)c(S(=O)(=O)CCOS(=O)(=O)O)cc1OC. The Morgan fingerprint density at radius 2 is 1.15 bits per heavy atom. The molecule has 0 radical (unpaired) electrons. The molecule has 0 bridgehead atoms. The number of anilines is 1. The van der Waals surface area contributed by atoms with Crippen LogP contribution in [-0.4, -0.2) is 120 Å². The van der Waals surface area contributed by atoms with Crippen molar-refractivity contribution >= 4 is 99.9 Å². The fraction of sp³-hybridized carbons (Fsp3) is 0.267. The van der Waals surface area contributed by atoms with Crippen LogP contribution < -0.4 is 14.8 Å². The van der Waals surface area contributed by atoms with Crippen LogP contribution in [0.25, 0.3) is 10.8 Å². The van der Waals surface area contributed by atoms with Crippen molar-refractivity contribution in [3.8, 4) is 17.2 Å². The number of benzene rings is 4. The summed E-state index contributed by atoms with van der Waals surface area (Å²) in [6.45, 7) is -0.717. The Bertz CT molecular complexity index is 3190. The van der Waals surface area contributed by atoms with Crippen molar-refractivity contribution < 1.29 is 91.7 Å². The summed E-state index contributed by atoms with van der Waals surface area (Å²) in [5, 5.41) is 29.1. The molecule has 0 atom stereocenters. The van der Waals surface area contributed by atoms with Gasteiger partial charge in [0.25, 0.3) is 20.2 Å². The number of methoxy groups -OCH3 is 2. The molecule has 0 unspecified atom stereocenters. The summed E-state index contributed by atoms with van der Waals surface area (Å²) >= 11 is 0. The topological polar surface area (TPSA) is 404 Å². The smallest absolute Gasteiger partial charge is 0.397 e. The van der Waals surface area contributed by atoms with E-state index in [2.05, 4.69) is 34.1 Å². The number of ether oxygens (including phenoxy) is 2. The minimum atomic E-state index is -5.43. The molecule has 0 aliphatic rings. The molecule has 4 aromatic rings. The van der Waals surface area contributed by atoms with Gasteiger partial charge >= 0.3 is 20.8 Å². The number of nitrogens with one attached hydrogen (secondary N) is 1. The molecule has 0 amide bonds. The van der Waals surface area contributed by atoms with Crippen LogP contribution >= 0.6 is 0 Å². The van der Waals surface area contributed by atoms with Gasteiger partial charge in [0.05, 0.1) is 54.4 Å². The number of phenols is 1. The fourth-order valence-corrected chi connectivity index (χ4v) is 10.0. The Balaban J connectivity index is 1.93. The van der Waals surface area contributed by atoms with E-state index in [1.165, 1.54) is 39.3 Å². The summed E-state index contributed by atoms with van der Waals surface area (Å²) in [6.07, 6.45) is 0. The summed E-state index contributed by atoms with van der Waals surface area (Å²) in [5.74, 6) is -4.11. The van der Waals surface area contributed by atoms with Gasteiger partial charge in [-0.25, -0.2) is 25.2 Å². The number of aryl methyl sites for hydroxylation is 1. The molecule has 0 aliphatic heterocycles. The predicted octanol–water partition coefficient (Wildman–Crippen LogP) is 3.42. The van der Waals surface area contributed by atoms with Gasteiger partial charge in [0.1, 0.15) is 38.3 Å². The fourth-order valence-electron chi connectivity index (χ4n) is 5.38. The van der Waals surface area contributed by atoms with Crippen molar-refractivity contribution in [1.29, 1.82) is 0 Å². The van der Waals surface area contributed by atoms with Crippen LogP contribution in [0, 0.1) is 6.92 Å². The Hall–Kier alpha value is -5.00. The molecular weight excluding hydrogens is 959 g/mol. The molecule has 0 heterocycles. The van der Waals surface area contributed by atoms with Gasteiger partial charge in [0.15, 0.2) is 31.2 Å². The van der Waals surface area contributed by atoms with Crippen molar-refractivity contribution in [2.75, 3.05) is 51.3 Å². The van der Waals surface area contributed by atoms with Gasteiger partial charge in [0.2, 0.25) is 0 Å². The van der Waals surface area contributed by atoms with Crippen LogP contribution in [0.3, 0.4) is 0 Å². The molecule has 0 saturated heterocycles. The third-order valence-corrected chi connectivity index (χ3v) is 14.2. The Morgan fingerprint density at radius 1 is 0.597 bits per heavy atom. The quantitative estimate of drug-likeness (QED) is 0.0579. The molecule has 340 valence electrons. The van der Waals surface area contributed by atoms with Crippen LogP contribution in [0.5, 0.6) is 17.2 Å². The highest BCUT2D eigenvalue weighted by Gasteiger charge is 2.29. The first-order valence-corrected chi connectivity index (χ1v) is 25.2. The minimum absolute atomic E-state index is 0.0171. The molecule has 0 fully saturated rings. The highest BCUT2D eigenvalue weighted by Crippen LogP contribution is 2.48. The summed E-state index contributed by atoms with van der Waals surface area (Å²) in [5.41, 5.74) is -1.82. The van der Waals surface area contributed by atoms with Gasteiger partial charge in [-0.1, -0.05) is 0 Å². The molecule has 6 N–H and O–H groups in total. The van der Waals surface area contributed by atoms with Crippen molar-refractivity contribution in [3.05, 3.63) is 48.0 Å². The first-order valence-electron chi connectivity index (χ1n) is 16.3. The van der Waals surface area contributed by atoms with E-state index in [1.54, 1.807) is 0 Å². The first-order chi connectivity index (χ1) is 28.4. The lowest BCUT2D eigenvalue weighted by Crippen LogP contribution is -2.16. The molecule has 0 aromatic heterocycles. The Morgan fingerprint density at radius 3 is 1.66 bits per heavy atom. The number of azo groups is 2. The molecule has 4 rings (SSSR count). The Labute approximate surface area is 353 Å². The highest BCUT2D eigenvalue weighted by atomic mass is 32.3. The third-order valence-electron chi connectivity index (χ3n) is 8.10.